The molecule has 19 heavy (non-hydrogen) atoms. The lowest BCUT2D eigenvalue weighted by atomic mass is 10.1. The summed E-state index contributed by atoms with van der Waals surface area (Å²) < 4.78 is 0. The fourth-order valence-electron chi connectivity index (χ4n) is 2.18. The van der Waals surface area contributed by atoms with Gasteiger partial charge in [0.2, 0.25) is 0 Å². The van der Waals surface area contributed by atoms with Gasteiger partial charge in [-0.3, -0.25) is 10.1 Å². The van der Waals surface area contributed by atoms with Gasteiger partial charge in [-0.05, 0) is 17.0 Å². The normalized spacial score (nSPS) is 18.7. The van der Waals surface area contributed by atoms with E-state index in [0.29, 0.717) is 6.54 Å². The topological polar surface area (TPSA) is 49.4 Å². The molecular formula is C14H12N2O2S. The third-order valence-corrected chi connectivity index (χ3v) is 3.98. The number of nitrogens with zero attached hydrogens (tertiary/aromatic N) is 1. The fraction of sp³-hybridized carbons (Fsp3) is 0.143. The molecule has 1 aliphatic heterocycles. The molecular weight excluding hydrogens is 260 g/mol. The lowest BCUT2D eigenvalue weighted by Crippen LogP contribution is -2.29. The summed E-state index contributed by atoms with van der Waals surface area (Å²) in [4.78, 5) is 26.3. The van der Waals surface area contributed by atoms with E-state index in [1.807, 2.05) is 47.8 Å². The predicted molar refractivity (Wildman–Crippen MR) is 72.6 cm³/mol. The van der Waals surface area contributed by atoms with E-state index < -0.39 is 6.04 Å². The minimum absolute atomic E-state index is 0.247. The molecule has 2 heterocycles. The van der Waals surface area contributed by atoms with Gasteiger partial charge in [0.1, 0.15) is 6.04 Å². The van der Waals surface area contributed by atoms with Crippen LogP contribution in [0.5, 0.6) is 0 Å². The maximum Gasteiger partial charge on any atom is 0.325 e. The van der Waals surface area contributed by atoms with Crippen molar-refractivity contribution in [3.8, 4) is 0 Å². The van der Waals surface area contributed by atoms with Gasteiger partial charge in [-0.2, -0.15) is 0 Å². The van der Waals surface area contributed by atoms with Crippen molar-refractivity contribution >= 4 is 23.3 Å². The number of benzene rings is 1. The molecule has 1 aromatic carbocycles. The highest BCUT2D eigenvalue weighted by atomic mass is 32.1. The maximum absolute atomic E-state index is 11.9. The maximum atomic E-state index is 11.9. The van der Waals surface area contributed by atoms with Crippen LogP contribution in [0.1, 0.15) is 16.5 Å². The zero-order valence-corrected chi connectivity index (χ0v) is 10.9. The van der Waals surface area contributed by atoms with Crippen molar-refractivity contribution in [1.82, 2.24) is 10.2 Å². The van der Waals surface area contributed by atoms with E-state index in [4.69, 9.17) is 0 Å². The molecule has 0 spiro atoms. The number of imide groups is 1. The molecule has 2 aromatic rings. The van der Waals surface area contributed by atoms with Crippen molar-refractivity contribution in [3.63, 3.8) is 0 Å². The van der Waals surface area contributed by atoms with Gasteiger partial charge in [0.15, 0.2) is 0 Å². The molecule has 96 valence electrons. The third-order valence-electron chi connectivity index (χ3n) is 3.06. The first-order chi connectivity index (χ1) is 9.25. The van der Waals surface area contributed by atoms with Crippen molar-refractivity contribution in [1.29, 1.82) is 0 Å². The van der Waals surface area contributed by atoms with Gasteiger partial charge in [-0.25, -0.2) is 4.79 Å². The van der Waals surface area contributed by atoms with Crippen LogP contribution in [-0.4, -0.2) is 16.8 Å². The number of rotatable bonds is 3. The summed E-state index contributed by atoms with van der Waals surface area (Å²) in [6.07, 6.45) is 0. The van der Waals surface area contributed by atoms with Crippen LogP contribution in [0, 0.1) is 0 Å². The van der Waals surface area contributed by atoms with Crippen molar-refractivity contribution in [2.24, 2.45) is 0 Å². The van der Waals surface area contributed by atoms with Gasteiger partial charge >= 0.3 is 6.03 Å². The number of hydrogen-bond donors (Lipinski definition) is 1. The monoisotopic (exact) mass is 272 g/mol. The van der Waals surface area contributed by atoms with Gasteiger partial charge < -0.3 is 4.90 Å². The van der Waals surface area contributed by atoms with E-state index in [2.05, 4.69) is 5.32 Å². The molecule has 5 heteroatoms. The number of thiophene rings is 1. The molecule has 1 aliphatic rings. The van der Waals surface area contributed by atoms with Gasteiger partial charge in [0, 0.05) is 11.4 Å². The summed E-state index contributed by atoms with van der Waals surface area (Å²) in [5.41, 5.74) is 1.01. The molecule has 3 amide bonds. The molecule has 0 saturated carbocycles. The Kier molecular flexibility index (Phi) is 3.05. The van der Waals surface area contributed by atoms with Crippen molar-refractivity contribution in [2.75, 3.05) is 0 Å². The number of urea groups is 1. The van der Waals surface area contributed by atoms with E-state index in [1.54, 1.807) is 4.90 Å². The summed E-state index contributed by atoms with van der Waals surface area (Å²) in [6.45, 7) is 0.432. The van der Waals surface area contributed by atoms with Crippen molar-refractivity contribution in [2.45, 2.75) is 12.6 Å². The molecule has 1 atom stereocenters. The summed E-state index contributed by atoms with van der Waals surface area (Å²) in [6, 6.07) is 12.6. The molecule has 0 bridgehead atoms. The Morgan fingerprint density at radius 2 is 1.89 bits per heavy atom. The first-order valence-corrected chi connectivity index (χ1v) is 6.82. The molecule has 3 rings (SSSR count). The number of amides is 3. The minimum Gasteiger partial charge on any atom is -0.303 e. The highest BCUT2D eigenvalue weighted by molar-refractivity contribution is 7.10. The SMILES string of the molecule is O=C1NC(=O)N(Cc2ccccc2)C1c1cccs1. The highest BCUT2D eigenvalue weighted by Gasteiger charge is 2.39. The standard InChI is InChI=1S/C14H12N2O2S/c17-13-12(11-7-4-8-19-11)16(14(18)15-13)9-10-5-2-1-3-6-10/h1-8,12H,9H2,(H,15,17,18). The number of carbonyl (C=O) groups excluding carboxylic acids is 2. The molecule has 0 radical (unpaired) electrons. The summed E-state index contributed by atoms with van der Waals surface area (Å²) in [5, 5.41) is 4.29. The second-order valence-electron chi connectivity index (χ2n) is 4.33. The number of nitrogens with one attached hydrogen (secondary N) is 1. The van der Waals surface area contributed by atoms with Gasteiger partial charge in [-0.15, -0.1) is 11.3 Å². The van der Waals surface area contributed by atoms with Crippen LogP contribution in [0.15, 0.2) is 47.8 Å². The fourth-order valence-corrected chi connectivity index (χ4v) is 3.01. The van der Waals surface area contributed by atoms with Crippen LogP contribution < -0.4 is 5.32 Å². The first kappa shape index (κ1) is 11.9. The van der Waals surface area contributed by atoms with Crippen LogP contribution in [0.3, 0.4) is 0 Å². The van der Waals surface area contributed by atoms with Crippen molar-refractivity contribution < 1.29 is 9.59 Å². The molecule has 1 N–H and O–H groups in total. The van der Waals surface area contributed by atoms with E-state index >= 15 is 0 Å². The Balaban J connectivity index is 1.89. The van der Waals surface area contributed by atoms with Crippen LogP contribution >= 0.6 is 11.3 Å². The van der Waals surface area contributed by atoms with E-state index in [-0.39, 0.29) is 11.9 Å². The first-order valence-electron chi connectivity index (χ1n) is 5.94. The van der Waals surface area contributed by atoms with Crippen LogP contribution in [0.25, 0.3) is 0 Å². The Morgan fingerprint density at radius 3 is 2.58 bits per heavy atom. The minimum atomic E-state index is -0.507. The van der Waals surface area contributed by atoms with Crippen LogP contribution in [0.2, 0.25) is 0 Å². The molecule has 1 aromatic heterocycles. The molecule has 4 nitrogen and oxygen atoms in total. The molecule has 1 unspecified atom stereocenters. The van der Waals surface area contributed by atoms with Gasteiger partial charge in [-0.1, -0.05) is 36.4 Å². The van der Waals surface area contributed by atoms with Crippen molar-refractivity contribution in [3.05, 3.63) is 58.3 Å². The Labute approximate surface area is 114 Å². The van der Waals surface area contributed by atoms with Gasteiger partial charge in [0.25, 0.3) is 5.91 Å². The largest absolute Gasteiger partial charge is 0.325 e. The van der Waals surface area contributed by atoms with Crippen LogP contribution in [0.4, 0.5) is 4.79 Å². The average Bonchev–Trinajstić information content (AvgIpc) is 3.00. The van der Waals surface area contributed by atoms with Crippen LogP contribution in [-0.2, 0) is 11.3 Å². The summed E-state index contributed by atoms with van der Waals surface area (Å²) >= 11 is 1.49. The Morgan fingerprint density at radius 1 is 1.11 bits per heavy atom. The molecule has 1 saturated heterocycles. The van der Waals surface area contributed by atoms with E-state index in [0.717, 1.165) is 10.4 Å². The average molecular weight is 272 g/mol. The lowest BCUT2D eigenvalue weighted by Gasteiger charge is -2.20. The smallest absolute Gasteiger partial charge is 0.303 e. The zero-order valence-electron chi connectivity index (χ0n) is 10.1. The number of carbonyl (C=O) groups is 2. The zero-order chi connectivity index (χ0) is 13.2. The second-order valence-corrected chi connectivity index (χ2v) is 5.31. The second kappa shape index (κ2) is 4.85. The molecule has 0 aliphatic carbocycles. The third kappa shape index (κ3) is 2.24. The Bertz CT molecular complexity index is 595. The van der Waals surface area contributed by atoms with Gasteiger partial charge in [0.05, 0.1) is 0 Å². The quantitative estimate of drug-likeness (QED) is 0.873. The highest BCUT2D eigenvalue weighted by Crippen LogP contribution is 2.30. The number of hydrogen-bond acceptors (Lipinski definition) is 3. The Hall–Kier alpha value is -2.14. The summed E-state index contributed by atoms with van der Waals surface area (Å²) in [7, 11) is 0. The summed E-state index contributed by atoms with van der Waals surface area (Å²) in [5.74, 6) is -0.247. The van der Waals surface area contributed by atoms with E-state index in [9.17, 15) is 9.59 Å². The van der Waals surface area contributed by atoms with E-state index in [1.165, 1.54) is 11.3 Å². The molecule has 1 fully saturated rings. The predicted octanol–water partition coefficient (Wildman–Crippen LogP) is 2.54. The lowest BCUT2D eigenvalue weighted by molar-refractivity contribution is -0.121.